The number of hydrogen-bond donors (Lipinski definition) is 1. The number of amides is 1. The second kappa shape index (κ2) is 4.17. The van der Waals surface area contributed by atoms with E-state index in [4.69, 9.17) is 5.26 Å². The number of hydrogen-bond acceptors (Lipinski definition) is 4. The van der Waals surface area contributed by atoms with Crippen LogP contribution in [0, 0.1) is 16.7 Å². The van der Waals surface area contributed by atoms with Gasteiger partial charge in [-0.15, -0.1) is 10.2 Å². The molecule has 1 N–H and O–H groups in total. The summed E-state index contributed by atoms with van der Waals surface area (Å²) in [5.74, 6) is 0.493. The van der Waals surface area contributed by atoms with Gasteiger partial charge in [-0.2, -0.15) is 5.26 Å². The predicted molar refractivity (Wildman–Crippen MR) is 59.5 cm³/mol. The summed E-state index contributed by atoms with van der Waals surface area (Å²) in [6.45, 7) is 1.84. The summed E-state index contributed by atoms with van der Waals surface area (Å²) in [5, 5.41) is 19.6. The van der Waals surface area contributed by atoms with E-state index in [1.807, 2.05) is 14.0 Å². The molecule has 90 valence electrons. The van der Waals surface area contributed by atoms with Crippen molar-refractivity contribution in [3.63, 3.8) is 0 Å². The molecule has 1 heterocycles. The third kappa shape index (κ3) is 1.88. The normalized spacial score (nSPS) is 18.9. The summed E-state index contributed by atoms with van der Waals surface area (Å²) in [6, 6.07) is 1.89. The van der Waals surface area contributed by atoms with Crippen molar-refractivity contribution in [2.24, 2.45) is 12.5 Å². The third-order valence-electron chi connectivity index (χ3n) is 3.34. The van der Waals surface area contributed by atoms with Gasteiger partial charge in [0.2, 0.25) is 5.91 Å². The van der Waals surface area contributed by atoms with E-state index >= 15 is 0 Å². The molecule has 1 aromatic heterocycles. The Kier molecular flexibility index (Phi) is 2.84. The van der Waals surface area contributed by atoms with E-state index in [1.165, 1.54) is 0 Å². The van der Waals surface area contributed by atoms with E-state index < -0.39 is 5.41 Å². The van der Waals surface area contributed by atoms with Crippen molar-refractivity contribution in [2.45, 2.75) is 32.2 Å². The summed E-state index contributed by atoms with van der Waals surface area (Å²) < 4.78 is 1.75. The van der Waals surface area contributed by atoms with Gasteiger partial charge in [-0.1, -0.05) is 0 Å². The zero-order valence-electron chi connectivity index (χ0n) is 9.97. The largest absolute Gasteiger partial charge is 0.345 e. The van der Waals surface area contributed by atoms with Gasteiger partial charge in [-0.25, -0.2) is 0 Å². The van der Waals surface area contributed by atoms with Crippen molar-refractivity contribution in [2.75, 3.05) is 0 Å². The van der Waals surface area contributed by atoms with E-state index in [9.17, 15) is 4.79 Å². The van der Waals surface area contributed by atoms with Crippen LogP contribution in [-0.4, -0.2) is 20.7 Å². The van der Waals surface area contributed by atoms with Crippen LogP contribution >= 0.6 is 0 Å². The molecule has 1 aromatic rings. The highest BCUT2D eigenvalue weighted by molar-refractivity contribution is 5.86. The molecule has 1 atom stereocenters. The quantitative estimate of drug-likeness (QED) is 0.832. The van der Waals surface area contributed by atoms with Gasteiger partial charge in [0, 0.05) is 7.05 Å². The Morgan fingerprint density at radius 2 is 2.41 bits per heavy atom. The summed E-state index contributed by atoms with van der Waals surface area (Å²) in [7, 11) is 1.82. The lowest BCUT2D eigenvalue weighted by atomic mass is 9.69. The number of aryl methyl sites for hydroxylation is 1. The fourth-order valence-electron chi connectivity index (χ4n) is 2.00. The summed E-state index contributed by atoms with van der Waals surface area (Å²) >= 11 is 0. The van der Waals surface area contributed by atoms with Crippen molar-refractivity contribution in [1.29, 1.82) is 5.26 Å². The number of carbonyl (C=O) groups is 1. The van der Waals surface area contributed by atoms with Crippen LogP contribution in [0.25, 0.3) is 0 Å². The Hall–Kier alpha value is -1.90. The molecule has 1 aliphatic rings. The minimum atomic E-state index is -0.813. The zero-order chi connectivity index (χ0) is 12.5. The van der Waals surface area contributed by atoms with Gasteiger partial charge in [0.25, 0.3) is 0 Å². The van der Waals surface area contributed by atoms with Gasteiger partial charge >= 0.3 is 0 Å². The highest BCUT2D eigenvalue weighted by Crippen LogP contribution is 2.40. The summed E-state index contributed by atoms with van der Waals surface area (Å²) in [6.07, 6.45) is 3.84. The van der Waals surface area contributed by atoms with Crippen molar-refractivity contribution in [3.8, 4) is 6.07 Å². The molecule has 6 heteroatoms. The van der Waals surface area contributed by atoms with Gasteiger partial charge in [-0.3, -0.25) is 4.79 Å². The Labute approximate surface area is 99.6 Å². The molecular weight excluding hydrogens is 218 g/mol. The van der Waals surface area contributed by atoms with Gasteiger partial charge in [0.05, 0.1) is 12.1 Å². The summed E-state index contributed by atoms with van der Waals surface area (Å²) in [5.41, 5.74) is -0.813. The van der Waals surface area contributed by atoms with Crippen molar-refractivity contribution < 1.29 is 4.79 Å². The smallest absolute Gasteiger partial charge is 0.241 e. The Bertz CT molecular complexity index is 468. The van der Waals surface area contributed by atoms with Crippen LogP contribution in [-0.2, 0) is 11.8 Å². The fourth-order valence-corrected chi connectivity index (χ4v) is 2.00. The molecule has 0 radical (unpaired) electrons. The molecule has 17 heavy (non-hydrogen) atoms. The monoisotopic (exact) mass is 233 g/mol. The van der Waals surface area contributed by atoms with Crippen LogP contribution in [0.4, 0.5) is 0 Å². The average Bonchev–Trinajstić information content (AvgIpc) is 2.63. The van der Waals surface area contributed by atoms with E-state index in [-0.39, 0.29) is 11.9 Å². The molecule has 0 bridgehead atoms. The van der Waals surface area contributed by atoms with Crippen LogP contribution in [0.2, 0.25) is 0 Å². The molecule has 1 unspecified atom stereocenters. The minimum absolute atomic E-state index is 0.193. The maximum absolute atomic E-state index is 12.0. The molecule has 1 aliphatic carbocycles. The Morgan fingerprint density at radius 1 is 1.71 bits per heavy atom. The van der Waals surface area contributed by atoms with Gasteiger partial charge in [0.1, 0.15) is 11.7 Å². The van der Waals surface area contributed by atoms with Crippen molar-refractivity contribution in [1.82, 2.24) is 20.1 Å². The van der Waals surface area contributed by atoms with E-state index in [1.54, 1.807) is 10.9 Å². The van der Waals surface area contributed by atoms with E-state index in [0.717, 1.165) is 6.42 Å². The summed E-state index contributed by atoms with van der Waals surface area (Å²) in [4.78, 5) is 12.0. The lowest BCUT2D eigenvalue weighted by molar-refractivity contribution is -0.132. The maximum Gasteiger partial charge on any atom is 0.241 e. The van der Waals surface area contributed by atoms with Crippen molar-refractivity contribution >= 4 is 5.91 Å². The minimum Gasteiger partial charge on any atom is -0.345 e. The Balaban J connectivity index is 2.05. The molecule has 1 amide bonds. The number of rotatable bonds is 3. The van der Waals surface area contributed by atoms with E-state index in [2.05, 4.69) is 21.6 Å². The number of nitrogens with one attached hydrogen (secondary N) is 1. The first kappa shape index (κ1) is 11.6. The molecule has 2 rings (SSSR count). The van der Waals surface area contributed by atoms with Gasteiger partial charge < -0.3 is 9.88 Å². The third-order valence-corrected chi connectivity index (χ3v) is 3.34. The molecule has 1 saturated carbocycles. The zero-order valence-corrected chi connectivity index (χ0v) is 9.97. The SMILES string of the molecule is CC(NC(=O)C1(C#N)CCC1)c1nncn1C. The lowest BCUT2D eigenvalue weighted by Crippen LogP contribution is -2.45. The second-order valence-corrected chi connectivity index (χ2v) is 4.54. The average molecular weight is 233 g/mol. The molecule has 1 fully saturated rings. The predicted octanol–water partition coefficient (Wildman–Crippen LogP) is 0.686. The van der Waals surface area contributed by atoms with E-state index in [0.29, 0.717) is 18.7 Å². The number of carbonyl (C=O) groups excluding carboxylic acids is 1. The molecule has 0 aliphatic heterocycles. The van der Waals surface area contributed by atoms with Crippen LogP contribution in [0.15, 0.2) is 6.33 Å². The first-order chi connectivity index (χ1) is 8.09. The van der Waals surface area contributed by atoms with Crippen LogP contribution in [0.5, 0.6) is 0 Å². The molecule has 0 spiro atoms. The Morgan fingerprint density at radius 3 is 2.82 bits per heavy atom. The highest BCUT2D eigenvalue weighted by Gasteiger charge is 2.45. The standard InChI is InChI=1S/C11H15N5O/c1-8(9-15-13-7-16(9)2)14-10(17)11(6-12)4-3-5-11/h7-8H,3-5H2,1-2H3,(H,14,17). The topological polar surface area (TPSA) is 83.6 Å². The number of aromatic nitrogens is 3. The first-order valence-corrected chi connectivity index (χ1v) is 5.65. The van der Waals surface area contributed by atoms with Crippen LogP contribution < -0.4 is 5.32 Å². The van der Waals surface area contributed by atoms with Crippen LogP contribution in [0.1, 0.15) is 38.1 Å². The molecule has 6 nitrogen and oxygen atoms in total. The van der Waals surface area contributed by atoms with Crippen LogP contribution in [0.3, 0.4) is 0 Å². The highest BCUT2D eigenvalue weighted by atomic mass is 16.2. The molecule has 0 saturated heterocycles. The first-order valence-electron chi connectivity index (χ1n) is 5.65. The second-order valence-electron chi connectivity index (χ2n) is 4.54. The van der Waals surface area contributed by atoms with Gasteiger partial charge in [-0.05, 0) is 26.2 Å². The number of nitriles is 1. The lowest BCUT2D eigenvalue weighted by Gasteiger charge is -2.34. The molecular formula is C11H15N5O. The van der Waals surface area contributed by atoms with Crippen molar-refractivity contribution in [3.05, 3.63) is 12.2 Å². The fraction of sp³-hybridized carbons (Fsp3) is 0.636. The van der Waals surface area contributed by atoms with Gasteiger partial charge in [0.15, 0.2) is 5.82 Å². The maximum atomic E-state index is 12.0. The molecule has 0 aromatic carbocycles. The number of nitrogens with zero attached hydrogens (tertiary/aromatic N) is 4.